The lowest BCUT2D eigenvalue weighted by Gasteiger charge is -2.36. The molecule has 1 aliphatic carbocycles. The minimum atomic E-state index is -0.366. The highest BCUT2D eigenvalue weighted by atomic mass is 19.1. The Balaban J connectivity index is 1.67. The summed E-state index contributed by atoms with van der Waals surface area (Å²) < 4.78 is 13.5. The first-order valence-electron chi connectivity index (χ1n) is 10.6. The number of carbonyl (C=O) groups is 2. The van der Waals surface area contributed by atoms with Gasteiger partial charge in [-0.15, -0.1) is 0 Å². The highest BCUT2D eigenvalue weighted by Gasteiger charge is 2.45. The van der Waals surface area contributed by atoms with Crippen LogP contribution < -0.4 is 0 Å². The SMILES string of the molecule is O=C1C(c2ccc(F)cc2)=C(N2CCN(CCO)CC2)C(=O)N1C1CCCCC1. The zero-order valence-electron chi connectivity index (χ0n) is 16.6. The van der Waals surface area contributed by atoms with Crippen molar-refractivity contribution in [2.45, 2.75) is 38.1 Å². The van der Waals surface area contributed by atoms with Crippen molar-refractivity contribution in [1.29, 1.82) is 0 Å². The number of halogens is 1. The molecule has 1 saturated heterocycles. The minimum absolute atomic E-state index is 0.0487. The quantitative estimate of drug-likeness (QED) is 0.763. The normalized spacial score (nSPS) is 22.1. The van der Waals surface area contributed by atoms with E-state index in [2.05, 4.69) is 4.90 Å². The Bertz CT molecular complexity index is 794. The van der Waals surface area contributed by atoms with Gasteiger partial charge in [0.25, 0.3) is 11.8 Å². The fraction of sp³-hybridized carbons (Fsp3) is 0.545. The molecule has 2 fully saturated rings. The highest BCUT2D eigenvalue weighted by molar-refractivity contribution is 6.35. The number of nitrogens with zero attached hydrogens (tertiary/aromatic N) is 3. The Morgan fingerprint density at radius 1 is 0.931 bits per heavy atom. The summed E-state index contributed by atoms with van der Waals surface area (Å²) in [7, 11) is 0. The summed E-state index contributed by atoms with van der Waals surface area (Å²) in [4.78, 5) is 32.5. The van der Waals surface area contributed by atoms with Gasteiger partial charge in [0, 0.05) is 38.8 Å². The summed E-state index contributed by atoms with van der Waals surface area (Å²) in [5.74, 6) is -0.826. The van der Waals surface area contributed by atoms with E-state index in [9.17, 15) is 14.0 Å². The first-order chi connectivity index (χ1) is 14.1. The van der Waals surface area contributed by atoms with E-state index in [4.69, 9.17) is 5.11 Å². The van der Waals surface area contributed by atoms with E-state index in [1.165, 1.54) is 17.0 Å². The number of imide groups is 1. The van der Waals surface area contributed by atoms with Gasteiger partial charge in [0.05, 0.1) is 12.2 Å². The topological polar surface area (TPSA) is 64.1 Å². The molecule has 1 aromatic carbocycles. The second-order valence-corrected chi connectivity index (χ2v) is 8.05. The lowest BCUT2D eigenvalue weighted by atomic mass is 9.94. The lowest BCUT2D eigenvalue weighted by Crippen LogP contribution is -2.49. The molecule has 3 aliphatic rings. The number of hydrogen-bond donors (Lipinski definition) is 1. The van der Waals surface area contributed by atoms with Crippen LogP contribution in [0.2, 0.25) is 0 Å². The van der Waals surface area contributed by atoms with Gasteiger partial charge in [0.15, 0.2) is 0 Å². The van der Waals surface area contributed by atoms with Crippen molar-refractivity contribution in [1.82, 2.24) is 14.7 Å². The zero-order valence-corrected chi connectivity index (χ0v) is 16.6. The van der Waals surface area contributed by atoms with Gasteiger partial charge in [-0.3, -0.25) is 19.4 Å². The number of rotatable bonds is 5. The van der Waals surface area contributed by atoms with Crippen LogP contribution in [0.4, 0.5) is 4.39 Å². The van der Waals surface area contributed by atoms with Gasteiger partial charge in [-0.25, -0.2) is 4.39 Å². The molecule has 4 rings (SSSR count). The molecule has 1 saturated carbocycles. The number of aliphatic hydroxyl groups is 1. The number of piperazine rings is 1. The second kappa shape index (κ2) is 8.63. The van der Waals surface area contributed by atoms with E-state index in [0.717, 1.165) is 45.2 Å². The molecule has 0 spiro atoms. The molecule has 1 N–H and O–H groups in total. The zero-order chi connectivity index (χ0) is 20.4. The van der Waals surface area contributed by atoms with Crippen LogP contribution in [0.3, 0.4) is 0 Å². The van der Waals surface area contributed by atoms with Crippen molar-refractivity contribution in [2.75, 3.05) is 39.3 Å². The van der Waals surface area contributed by atoms with Gasteiger partial charge < -0.3 is 10.0 Å². The molecule has 0 radical (unpaired) electrons. The van der Waals surface area contributed by atoms with Crippen LogP contribution >= 0.6 is 0 Å². The molecule has 0 unspecified atom stereocenters. The molecule has 29 heavy (non-hydrogen) atoms. The average Bonchev–Trinajstić information content (AvgIpc) is 3.00. The van der Waals surface area contributed by atoms with Crippen molar-refractivity contribution in [3.05, 3.63) is 41.3 Å². The number of carbonyl (C=O) groups excluding carboxylic acids is 2. The van der Waals surface area contributed by atoms with Crippen LogP contribution in [0.15, 0.2) is 30.0 Å². The van der Waals surface area contributed by atoms with Crippen molar-refractivity contribution in [3.63, 3.8) is 0 Å². The summed E-state index contributed by atoms with van der Waals surface area (Å²) >= 11 is 0. The summed E-state index contributed by atoms with van der Waals surface area (Å²) in [6, 6.07) is 5.79. The van der Waals surface area contributed by atoms with Crippen molar-refractivity contribution in [3.8, 4) is 0 Å². The molecule has 2 heterocycles. The van der Waals surface area contributed by atoms with Gasteiger partial charge in [0.2, 0.25) is 0 Å². The monoisotopic (exact) mass is 401 g/mol. The van der Waals surface area contributed by atoms with Crippen LogP contribution in [0.1, 0.15) is 37.7 Å². The van der Waals surface area contributed by atoms with E-state index in [1.54, 1.807) is 12.1 Å². The Hall–Kier alpha value is -2.25. The summed E-state index contributed by atoms with van der Waals surface area (Å²) in [5, 5.41) is 9.16. The van der Waals surface area contributed by atoms with Gasteiger partial charge in [-0.2, -0.15) is 0 Å². The van der Waals surface area contributed by atoms with Crippen LogP contribution in [0.5, 0.6) is 0 Å². The third-order valence-electron chi connectivity index (χ3n) is 6.27. The van der Waals surface area contributed by atoms with Crippen molar-refractivity contribution < 1.29 is 19.1 Å². The van der Waals surface area contributed by atoms with Crippen LogP contribution in [0.25, 0.3) is 5.57 Å². The predicted octanol–water partition coefficient (Wildman–Crippen LogP) is 1.85. The van der Waals surface area contributed by atoms with Crippen LogP contribution in [-0.4, -0.2) is 77.0 Å². The summed E-state index contributed by atoms with van der Waals surface area (Å²) in [6.45, 7) is 3.42. The van der Waals surface area contributed by atoms with Gasteiger partial charge in [-0.1, -0.05) is 31.4 Å². The smallest absolute Gasteiger partial charge is 0.278 e. The number of amides is 2. The van der Waals surface area contributed by atoms with Crippen molar-refractivity contribution >= 4 is 17.4 Å². The summed E-state index contributed by atoms with van der Waals surface area (Å²) in [6.07, 6.45) is 4.91. The Kier molecular flexibility index (Phi) is 5.96. The Labute approximate surface area is 170 Å². The van der Waals surface area contributed by atoms with E-state index >= 15 is 0 Å². The average molecular weight is 401 g/mol. The fourth-order valence-corrected chi connectivity index (χ4v) is 4.71. The molecule has 6 nitrogen and oxygen atoms in total. The van der Waals surface area contributed by atoms with Crippen LogP contribution in [-0.2, 0) is 9.59 Å². The highest BCUT2D eigenvalue weighted by Crippen LogP contribution is 2.36. The first-order valence-corrected chi connectivity index (χ1v) is 10.6. The number of β-amino-alcohol motifs (C(OH)–C–C–N with tert-alkyl or cyclic N) is 1. The van der Waals surface area contributed by atoms with Gasteiger partial charge in [-0.05, 0) is 30.5 Å². The van der Waals surface area contributed by atoms with E-state index in [1.807, 2.05) is 4.90 Å². The maximum Gasteiger partial charge on any atom is 0.278 e. The predicted molar refractivity (Wildman–Crippen MR) is 107 cm³/mol. The molecular weight excluding hydrogens is 373 g/mol. The molecule has 2 aliphatic heterocycles. The Morgan fingerprint density at radius 3 is 2.21 bits per heavy atom. The largest absolute Gasteiger partial charge is 0.395 e. The van der Waals surface area contributed by atoms with Gasteiger partial charge >= 0.3 is 0 Å². The van der Waals surface area contributed by atoms with Crippen LogP contribution in [0, 0.1) is 5.82 Å². The van der Waals surface area contributed by atoms with Gasteiger partial charge in [0.1, 0.15) is 11.5 Å². The molecule has 0 bridgehead atoms. The lowest BCUT2D eigenvalue weighted by molar-refractivity contribution is -0.141. The third kappa shape index (κ3) is 3.94. The molecule has 0 atom stereocenters. The number of hydrogen-bond acceptors (Lipinski definition) is 5. The molecule has 156 valence electrons. The van der Waals surface area contributed by atoms with E-state index in [-0.39, 0.29) is 30.3 Å². The third-order valence-corrected chi connectivity index (χ3v) is 6.27. The fourth-order valence-electron chi connectivity index (χ4n) is 4.71. The van der Waals surface area contributed by atoms with E-state index < -0.39 is 0 Å². The standard InChI is InChI=1S/C22H28FN3O3/c23-17-8-6-16(7-9-17)19-20(25-12-10-24(11-13-25)14-15-27)22(29)26(21(19)28)18-4-2-1-3-5-18/h6-9,18,27H,1-5,10-15H2. The Morgan fingerprint density at radius 2 is 1.59 bits per heavy atom. The molecule has 0 aromatic heterocycles. The molecule has 2 amide bonds. The summed E-state index contributed by atoms with van der Waals surface area (Å²) in [5.41, 5.74) is 1.45. The number of aliphatic hydroxyl groups excluding tert-OH is 1. The number of benzene rings is 1. The first kappa shape index (κ1) is 20.0. The van der Waals surface area contributed by atoms with Crippen molar-refractivity contribution in [2.24, 2.45) is 0 Å². The molecular formula is C22H28FN3O3. The maximum atomic E-state index is 13.5. The van der Waals surface area contributed by atoms with E-state index in [0.29, 0.717) is 36.5 Å². The second-order valence-electron chi connectivity index (χ2n) is 8.05. The molecule has 7 heteroatoms. The minimum Gasteiger partial charge on any atom is -0.395 e. The molecule has 1 aromatic rings. The maximum absolute atomic E-state index is 13.5.